The van der Waals surface area contributed by atoms with Crippen LogP contribution in [0.4, 0.5) is 0 Å². The van der Waals surface area contributed by atoms with E-state index in [1.165, 1.54) is 54.8 Å². The minimum Gasteiger partial charge on any atom is -0.381 e. The van der Waals surface area contributed by atoms with E-state index in [-0.39, 0.29) is 11.9 Å². The largest absolute Gasteiger partial charge is 0.381 e. The normalized spacial score (nSPS) is 23.3. The standard InChI is InChI=1S/C27H37N3O2S/c1-2-19-17-25(33-26(19)27(31)30-14-9-23(28)18-30)22-5-3-20(4-6-22)21-7-12-29(13-8-21)24-10-15-32-16-11-24/h3-6,17,21,23-24H,2,7-16,18,28H2,1H3/t23-/m0/s1. The van der Waals surface area contributed by atoms with Crippen LogP contribution in [0.2, 0.25) is 0 Å². The number of carbonyl (C=O) groups is 1. The summed E-state index contributed by atoms with van der Waals surface area (Å²) in [5.74, 6) is 0.810. The molecule has 33 heavy (non-hydrogen) atoms. The summed E-state index contributed by atoms with van der Waals surface area (Å²) in [5, 5.41) is 0. The van der Waals surface area contributed by atoms with Crippen LogP contribution in [0.3, 0.4) is 0 Å². The predicted octanol–water partition coefficient (Wildman–Crippen LogP) is 4.51. The van der Waals surface area contributed by atoms with E-state index in [9.17, 15) is 4.79 Å². The fourth-order valence-electron chi connectivity index (χ4n) is 5.70. The van der Waals surface area contributed by atoms with E-state index < -0.39 is 0 Å². The molecule has 1 aromatic heterocycles. The molecular weight excluding hydrogens is 430 g/mol. The number of hydrogen-bond acceptors (Lipinski definition) is 5. The quantitative estimate of drug-likeness (QED) is 0.703. The molecule has 1 amide bonds. The van der Waals surface area contributed by atoms with Crippen LogP contribution in [0, 0.1) is 0 Å². The Hall–Kier alpha value is -1.73. The van der Waals surface area contributed by atoms with Crippen molar-refractivity contribution in [2.75, 3.05) is 39.4 Å². The number of thiophene rings is 1. The first-order chi connectivity index (χ1) is 16.1. The first-order valence-corrected chi connectivity index (χ1v) is 13.5. The third-order valence-corrected chi connectivity index (χ3v) is 9.01. The zero-order valence-corrected chi connectivity index (χ0v) is 20.6. The van der Waals surface area contributed by atoms with Gasteiger partial charge in [-0.05, 0) is 80.3 Å². The van der Waals surface area contributed by atoms with Crippen molar-refractivity contribution in [3.05, 3.63) is 46.3 Å². The van der Waals surface area contributed by atoms with Crippen molar-refractivity contribution >= 4 is 17.2 Å². The van der Waals surface area contributed by atoms with E-state index in [1.54, 1.807) is 11.3 Å². The van der Waals surface area contributed by atoms with Crippen LogP contribution in [0.1, 0.15) is 65.7 Å². The maximum atomic E-state index is 13.1. The lowest BCUT2D eigenvalue weighted by Crippen LogP contribution is -2.43. The van der Waals surface area contributed by atoms with Gasteiger partial charge in [-0.1, -0.05) is 31.2 Å². The zero-order valence-electron chi connectivity index (χ0n) is 19.8. The van der Waals surface area contributed by atoms with Gasteiger partial charge in [0.1, 0.15) is 0 Å². The molecule has 0 aliphatic carbocycles. The molecule has 0 radical (unpaired) electrons. The first-order valence-electron chi connectivity index (χ1n) is 12.7. The predicted molar refractivity (Wildman–Crippen MR) is 135 cm³/mol. The fraction of sp³-hybridized carbons (Fsp3) is 0.593. The van der Waals surface area contributed by atoms with Gasteiger partial charge in [-0.25, -0.2) is 0 Å². The number of piperidine rings is 1. The molecular formula is C27H37N3O2S. The highest BCUT2D eigenvalue weighted by Crippen LogP contribution is 2.36. The van der Waals surface area contributed by atoms with Crippen molar-refractivity contribution in [2.24, 2.45) is 5.73 Å². The summed E-state index contributed by atoms with van der Waals surface area (Å²) in [6, 6.07) is 12.2. The second kappa shape index (κ2) is 10.3. The lowest BCUT2D eigenvalue weighted by atomic mass is 9.88. The highest BCUT2D eigenvalue weighted by molar-refractivity contribution is 7.17. The summed E-state index contributed by atoms with van der Waals surface area (Å²) in [4.78, 5) is 19.8. The Morgan fingerprint density at radius 2 is 1.79 bits per heavy atom. The molecule has 1 atom stereocenters. The van der Waals surface area contributed by atoms with Gasteiger partial charge in [-0.3, -0.25) is 4.79 Å². The number of rotatable bonds is 5. The van der Waals surface area contributed by atoms with Gasteiger partial charge in [0.15, 0.2) is 0 Å². The molecule has 0 spiro atoms. The molecule has 178 valence electrons. The van der Waals surface area contributed by atoms with Crippen LogP contribution < -0.4 is 5.73 Å². The second-order valence-electron chi connectivity index (χ2n) is 9.89. The first kappa shape index (κ1) is 23.0. The Morgan fingerprint density at radius 3 is 2.42 bits per heavy atom. The smallest absolute Gasteiger partial charge is 0.264 e. The highest BCUT2D eigenvalue weighted by atomic mass is 32.1. The third-order valence-electron chi connectivity index (χ3n) is 7.80. The second-order valence-corrected chi connectivity index (χ2v) is 10.9. The molecule has 2 N–H and O–H groups in total. The molecule has 0 saturated carbocycles. The fourth-order valence-corrected chi connectivity index (χ4v) is 6.92. The lowest BCUT2D eigenvalue weighted by molar-refractivity contribution is 0.0252. The van der Waals surface area contributed by atoms with E-state index in [0.29, 0.717) is 12.5 Å². The van der Waals surface area contributed by atoms with Gasteiger partial charge in [-0.15, -0.1) is 11.3 Å². The van der Waals surface area contributed by atoms with Crippen molar-refractivity contribution in [3.8, 4) is 10.4 Å². The summed E-state index contributed by atoms with van der Waals surface area (Å²) in [7, 11) is 0. The maximum Gasteiger partial charge on any atom is 0.264 e. The summed E-state index contributed by atoms with van der Waals surface area (Å²) in [6.07, 6.45) is 6.64. The molecule has 3 fully saturated rings. The molecule has 5 nitrogen and oxygen atoms in total. The summed E-state index contributed by atoms with van der Waals surface area (Å²) in [5.41, 5.74) is 9.86. The average Bonchev–Trinajstić information content (AvgIpc) is 3.51. The Labute approximate surface area is 201 Å². The van der Waals surface area contributed by atoms with Gasteiger partial charge in [0.05, 0.1) is 4.88 Å². The van der Waals surface area contributed by atoms with E-state index in [0.717, 1.165) is 49.1 Å². The lowest BCUT2D eigenvalue weighted by Gasteiger charge is -2.39. The van der Waals surface area contributed by atoms with Crippen molar-refractivity contribution < 1.29 is 9.53 Å². The molecule has 2 aromatic rings. The molecule has 0 unspecified atom stereocenters. The highest BCUT2D eigenvalue weighted by Gasteiger charge is 2.29. The Balaban J connectivity index is 1.24. The molecule has 0 bridgehead atoms. The number of hydrogen-bond donors (Lipinski definition) is 1. The van der Waals surface area contributed by atoms with Gasteiger partial charge in [0, 0.05) is 43.3 Å². The average molecular weight is 468 g/mol. The van der Waals surface area contributed by atoms with Gasteiger partial charge in [-0.2, -0.15) is 0 Å². The van der Waals surface area contributed by atoms with Gasteiger partial charge in [0.25, 0.3) is 5.91 Å². The van der Waals surface area contributed by atoms with Crippen molar-refractivity contribution in [1.82, 2.24) is 9.80 Å². The van der Waals surface area contributed by atoms with Crippen LogP contribution >= 0.6 is 11.3 Å². The monoisotopic (exact) mass is 467 g/mol. The van der Waals surface area contributed by atoms with Crippen molar-refractivity contribution in [2.45, 2.75) is 63.5 Å². The van der Waals surface area contributed by atoms with Crippen molar-refractivity contribution in [3.63, 3.8) is 0 Å². The summed E-state index contributed by atoms with van der Waals surface area (Å²) < 4.78 is 5.54. The Bertz CT molecular complexity index is 943. The SMILES string of the molecule is CCc1cc(-c2ccc(C3CCN(C4CCOCC4)CC3)cc2)sc1C(=O)N1CC[C@H](N)C1. The number of amides is 1. The van der Waals surface area contributed by atoms with E-state index in [2.05, 4.69) is 42.2 Å². The van der Waals surface area contributed by atoms with Crippen LogP contribution in [0.25, 0.3) is 10.4 Å². The molecule has 6 heteroatoms. The van der Waals surface area contributed by atoms with Gasteiger partial charge >= 0.3 is 0 Å². The minimum atomic E-state index is 0.120. The third kappa shape index (κ3) is 5.04. The number of carbonyl (C=O) groups excluding carboxylic acids is 1. The maximum absolute atomic E-state index is 13.1. The van der Waals surface area contributed by atoms with Gasteiger partial charge < -0.3 is 20.3 Å². The van der Waals surface area contributed by atoms with E-state index in [4.69, 9.17) is 10.5 Å². The molecule has 3 aliphatic rings. The minimum absolute atomic E-state index is 0.120. The van der Waals surface area contributed by atoms with E-state index in [1.807, 2.05) is 4.90 Å². The molecule has 4 heterocycles. The Morgan fingerprint density at radius 1 is 1.06 bits per heavy atom. The van der Waals surface area contributed by atoms with E-state index >= 15 is 0 Å². The molecule has 3 saturated heterocycles. The van der Waals surface area contributed by atoms with Crippen LogP contribution in [0.5, 0.6) is 0 Å². The topological polar surface area (TPSA) is 58.8 Å². The van der Waals surface area contributed by atoms with Crippen LogP contribution in [0.15, 0.2) is 30.3 Å². The summed E-state index contributed by atoms with van der Waals surface area (Å²) >= 11 is 1.64. The number of benzene rings is 1. The molecule has 1 aromatic carbocycles. The van der Waals surface area contributed by atoms with Gasteiger partial charge in [0.2, 0.25) is 0 Å². The van der Waals surface area contributed by atoms with Crippen LogP contribution in [-0.2, 0) is 11.2 Å². The number of nitrogens with zero attached hydrogens (tertiary/aromatic N) is 2. The molecule has 5 rings (SSSR count). The zero-order chi connectivity index (χ0) is 22.8. The number of likely N-dealkylation sites (tertiary alicyclic amines) is 2. The number of nitrogens with two attached hydrogens (primary N) is 1. The summed E-state index contributed by atoms with van der Waals surface area (Å²) in [6.45, 7) is 7.84. The number of ether oxygens (including phenoxy) is 1. The molecule has 3 aliphatic heterocycles. The number of aryl methyl sites for hydroxylation is 1. The Kier molecular flexibility index (Phi) is 7.16. The van der Waals surface area contributed by atoms with Crippen molar-refractivity contribution in [1.29, 1.82) is 0 Å². The van der Waals surface area contributed by atoms with Crippen LogP contribution in [-0.4, -0.2) is 67.2 Å².